The van der Waals surface area contributed by atoms with Crippen LogP contribution < -0.4 is 10.0 Å². The van der Waals surface area contributed by atoms with Crippen molar-refractivity contribution in [1.29, 1.82) is 0 Å². The second-order valence-corrected chi connectivity index (χ2v) is 8.45. The highest BCUT2D eigenvalue weighted by atomic mass is 32.2. The number of rotatable bonds is 9. The normalized spacial score (nSPS) is 15.2. The summed E-state index contributed by atoms with van der Waals surface area (Å²) in [7, 11) is 1.92. The first-order valence-electron chi connectivity index (χ1n) is 10.9. The van der Waals surface area contributed by atoms with Crippen molar-refractivity contribution in [3.63, 3.8) is 0 Å². The molecule has 1 aliphatic heterocycles. The van der Waals surface area contributed by atoms with Gasteiger partial charge in [-0.2, -0.15) is 0 Å². The molecular formula is C23H32N4O3S. The van der Waals surface area contributed by atoms with Gasteiger partial charge in [-0.15, -0.1) is 0 Å². The SMILES string of the molecule is CCOC(=O)N1CCN(C(=O)C(CCCNC)NSc2ccc3ccccc3c2)CC1. The number of piperazine rings is 1. The van der Waals surface area contributed by atoms with Gasteiger partial charge in [-0.1, -0.05) is 30.3 Å². The number of benzene rings is 2. The minimum absolute atomic E-state index is 0.0906. The zero-order chi connectivity index (χ0) is 22.1. The van der Waals surface area contributed by atoms with Crippen molar-refractivity contribution in [3.05, 3.63) is 42.5 Å². The second-order valence-electron chi connectivity index (χ2n) is 7.54. The summed E-state index contributed by atoms with van der Waals surface area (Å²) in [5.74, 6) is 0.0906. The molecule has 1 atom stereocenters. The summed E-state index contributed by atoms with van der Waals surface area (Å²) >= 11 is 1.50. The van der Waals surface area contributed by atoms with Gasteiger partial charge in [0.25, 0.3) is 0 Å². The number of hydrogen-bond acceptors (Lipinski definition) is 6. The van der Waals surface area contributed by atoms with Crippen LogP contribution in [0.25, 0.3) is 10.8 Å². The van der Waals surface area contributed by atoms with E-state index in [1.165, 1.54) is 22.7 Å². The van der Waals surface area contributed by atoms with E-state index in [9.17, 15) is 9.59 Å². The molecule has 168 valence electrons. The molecule has 31 heavy (non-hydrogen) atoms. The van der Waals surface area contributed by atoms with E-state index in [1.807, 2.05) is 24.1 Å². The van der Waals surface area contributed by atoms with Crippen LogP contribution in [0.4, 0.5) is 4.79 Å². The van der Waals surface area contributed by atoms with Crippen LogP contribution in [0, 0.1) is 0 Å². The van der Waals surface area contributed by atoms with Crippen LogP contribution in [0.1, 0.15) is 19.8 Å². The van der Waals surface area contributed by atoms with Crippen LogP contribution in [0.3, 0.4) is 0 Å². The van der Waals surface area contributed by atoms with E-state index in [4.69, 9.17) is 4.74 Å². The third-order valence-electron chi connectivity index (χ3n) is 5.37. The van der Waals surface area contributed by atoms with Crippen molar-refractivity contribution in [2.45, 2.75) is 30.7 Å². The molecule has 1 saturated heterocycles. The lowest BCUT2D eigenvalue weighted by Gasteiger charge is -2.36. The van der Waals surface area contributed by atoms with Crippen LogP contribution >= 0.6 is 11.9 Å². The Hall–Kier alpha value is -2.29. The fourth-order valence-corrected chi connectivity index (χ4v) is 4.45. The van der Waals surface area contributed by atoms with Crippen LogP contribution in [-0.4, -0.2) is 74.2 Å². The Morgan fingerprint density at radius 1 is 1.06 bits per heavy atom. The van der Waals surface area contributed by atoms with Crippen LogP contribution in [0.2, 0.25) is 0 Å². The average molecular weight is 445 g/mol. The van der Waals surface area contributed by atoms with E-state index in [0.717, 1.165) is 24.3 Å². The Balaban J connectivity index is 1.59. The molecule has 1 fully saturated rings. The van der Waals surface area contributed by atoms with Gasteiger partial charge in [-0.3, -0.25) is 4.79 Å². The number of ether oxygens (including phenoxy) is 1. The molecule has 2 N–H and O–H groups in total. The van der Waals surface area contributed by atoms with Crippen molar-refractivity contribution in [2.24, 2.45) is 0 Å². The molecule has 0 aliphatic carbocycles. The van der Waals surface area contributed by atoms with Crippen molar-refractivity contribution in [3.8, 4) is 0 Å². The van der Waals surface area contributed by atoms with Gasteiger partial charge in [0.2, 0.25) is 5.91 Å². The summed E-state index contributed by atoms with van der Waals surface area (Å²) in [5, 5.41) is 5.53. The summed E-state index contributed by atoms with van der Waals surface area (Å²) in [6, 6.07) is 14.3. The van der Waals surface area contributed by atoms with Gasteiger partial charge in [0.05, 0.1) is 12.6 Å². The predicted molar refractivity (Wildman–Crippen MR) is 125 cm³/mol. The maximum Gasteiger partial charge on any atom is 0.409 e. The third kappa shape index (κ3) is 6.59. The van der Waals surface area contributed by atoms with E-state index in [0.29, 0.717) is 32.8 Å². The largest absolute Gasteiger partial charge is 0.450 e. The van der Waals surface area contributed by atoms with Gasteiger partial charge in [-0.25, -0.2) is 9.52 Å². The topological polar surface area (TPSA) is 73.9 Å². The highest BCUT2D eigenvalue weighted by Gasteiger charge is 2.29. The molecule has 2 amide bonds. The number of hydrogen-bond donors (Lipinski definition) is 2. The van der Waals surface area contributed by atoms with E-state index >= 15 is 0 Å². The Morgan fingerprint density at radius 3 is 2.48 bits per heavy atom. The summed E-state index contributed by atoms with van der Waals surface area (Å²) < 4.78 is 8.47. The van der Waals surface area contributed by atoms with Crippen molar-refractivity contribution in [2.75, 3.05) is 46.4 Å². The maximum atomic E-state index is 13.2. The van der Waals surface area contributed by atoms with E-state index in [-0.39, 0.29) is 18.0 Å². The molecule has 1 heterocycles. The molecule has 3 rings (SSSR count). The van der Waals surface area contributed by atoms with E-state index in [2.05, 4.69) is 40.4 Å². The number of nitrogens with zero attached hydrogens (tertiary/aromatic N) is 2. The van der Waals surface area contributed by atoms with Gasteiger partial charge in [0, 0.05) is 31.1 Å². The molecule has 0 radical (unpaired) electrons. The lowest BCUT2D eigenvalue weighted by Crippen LogP contribution is -2.54. The molecule has 0 saturated carbocycles. The molecule has 2 aromatic carbocycles. The molecule has 1 unspecified atom stereocenters. The van der Waals surface area contributed by atoms with Gasteiger partial charge < -0.3 is 19.9 Å². The zero-order valence-electron chi connectivity index (χ0n) is 18.3. The Labute approximate surface area is 188 Å². The first kappa shape index (κ1) is 23.4. The maximum absolute atomic E-state index is 13.2. The monoisotopic (exact) mass is 444 g/mol. The van der Waals surface area contributed by atoms with Crippen molar-refractivity contribution < 1.29 is 14.3 Å². The Morgan fingerprint density at radius 2 is 1.77 bits per heavy atom. The number of carbonyl (C=O) groups excluding carboxylic acids is 2. The third-order valence-corrected chi connectivity index (χ3v) is 6.27. The number of fused-ring (bicyclic) bond motifs is 1. The summed E-state index contributed by atoms with van der Waals surface area (Å²) in [4.78, 5) is 29.7. The Kier molecular flexibility index (Phi) is 8.99. The number of carbonyl (C=O) groups is 2. The smallest absolute Gasteiger partial charge is 0.409 e. The lowest BCUT2D eigenvalue weighted by atomic mass is 10.1. The minimum Gasteiger partial charge on any atom is -0.450 e. The molecule has 0 bridgehead atoms. The molecule has 8 heteroatoms. The summed E-state index contributed by atoms with van der Waals surface area (Å²) in [6.07, 6.45) is 1.35. The van der Waals surface area contributed by atoms with E-state index in [1.54, 1.807) is 11.8 Å². The van der Waals surface area contributed by atoms with Crippen LogP contribution in [-0.2, 0) is 9.53 Å². The molecule has 0 spiro atoms. The molecule has 1 aliphatic rings. The van der Waals surface area contributed by atoms with E-state index < -0.39 is 0 Å². The second kappa shape index (κ2) is 11.9. The first-order valence-corrected chi connectivity index (χ1v) is 11.7. The highest BCUT2D eigenvalue weighted by Crippen LogP contribution is 2.23. The lowest BCUT2D eigenvalue weighted by molar-refractivity contribution is -0.134. The number of amides is 2. The molecule has 0 aromatic heterocycles. The molecular weight excluding hydrogens is 412 g/mol. The molecule has 7 nitrogen and oxygen atoms in total. The van der Waals surface area contributed by atoms with Gasteiger partial charge in [0.15, 0.2) is 0 Å². The standard InChI is InChI=1S/C23H32N4O3S/c1-3-30-23(29)27-15-13-26(14-16-27)22(28)21(9-6-12-24-2)25-31-20-11-10-18-7-4-5-8-19(18)17-20/h4-5,7-8,10-11,17,21,24-25H,3,6,9,12-16H2,1-2H3. The summed E-state index contributed by atoms with van der Waals surface area (Å²) in [5.41, 5.74) is 0. The van der Waals surface area contributed by atoms with Crippen LogP contribution in [0.5, 0.6) is 0 Å². The highest BCUT2D eigenvalue weighted by molar-refractivity contribution is 7.97. The first-order chi connectivity index (χ1) is 15.1. The fourth-order valence-electron chi connectivity index (χ4n) is 3.63. The summed E-state index contributed by atoms with van der Waals surface area (Å²) in [6.45, 7) is 5.10. The minimum atomic E-state index is -0.301. The van der Waals surface area contributed by atoms with Crippen molar-refractivity contribution in [1.82, 2.24) is 19.8 Å². The van der Waals surface area contributed by atoms with Crippen LogP contribution in [0.15, 0.2) is 47.4 Å². The quantitative estimate of drug-likeness (QED) is 0.457. The van der Waals surface area contributed by atoms with Gasteiger partial charge >= 0.3 is 6.09 Å². The fraction of sp³-hybridized carbons (Fsp3) is 0.478. The van der Waals surface area contributed by atoms with Gasteiger partial charge in [-0.05, 0) is 68.2 Å². The zero-order valence-corrected chi connectivity index (χ0v) is 19.1. The Bertz CT molecular complexity index is 871. The average Bonchev–Trinajstić information content (AvgIpc) is 2.81. The van der Waals surface area contributed by atoms with Gasteiger partial charge in [0.1, 0.15) is 0 Å². The van der Waals surface area contributed by atoms with Crippen molar-refractivity contribution >= 4 is 34.7 Å². The predicted octanol–water partition coefficient (Wildman–Crippen LogP) is 3.11. The number of nitrogens with one attached hydrogen (secondary N) is 2. The molecule has 2 aromatic rings.